The average molecular weight is 347 g/mol. The van der Waals surface area contributed by atoms with Crippen molar-refractivity contribution in [3.63, 3.8) is 0 Å². The molecule has 1 heterocycles. The highest BCUT2D eigenvalue weighted by Gasteiger charge is 2.12. The largest absolute Gasteiger partial charge is 0.367 e. The summed E-state index contributed by atoms with van der Waals surface area (Å²) in [7, 11) is 0. The minimum absolute atomic E-state index is 0.0959. The van der Waals surface area contributed by atoms with Gasteiger partial charge in [-0.05, 0) is 29.8 Å². The lowest BCUT2D eigenvalue weighted by Gasteiger charge is -2.14. The highest BCUT2D eigenvalue weighted by atomic mass is 79.9. The van der Waals surface area contributed by atoms with Gasteiger partial charge in [0.05, 0.1) is 10.9 Å². The zero-order valence-electron chi connectivity index (χ0n) is 9.61. The fourth-order valence-corrected chi connectivity index (χ4v) is 3.16. The van der Waals surface area contributed by atoms with Gasteiger partial charge in [0.15, 0.2) is 0 Å². The van der Waals surface area contributed by atoms with Crippen LogP contribution >= 0.6 is 38.9 Å². The molecule has 0 saturated heterocycles. The highest BCUT2D eigenvalue weighted by molar-refractivity contribution is 9.10. The standard InChI is InChI=1S/C13H13BrClNOS/c14-10-3-1-2-9(6-10)8-17-11(7-16)12-4-5-13(15)18-12/h1-6,11H,7-8,16H2. The third-order valence-corrected chi connectivity index (χ3v) is 4.28. The van der Waals surface area contributed by atoms with Crippen LogP contribution in [0.25, 0.3) is 0 Å². The maximum absolute atomic E-state index is 5.92. The van der Waals surface area contributed by atoms with E-state index in [4.69, 9.17) is 22.1 Å². The zero-order valence-corrected chi connectivity index (χ0v) is 12.8. The molecule has 2 N–H and O–H groups in total. The molecule has 0 spiro atoms. The Labute approximate surface area is 124 Å². The van der Waals surface area contributed by atoms with Crippen molar-refractivity contribution >= 4 is 38.9 Å². The van der Waals surface area contributed by atoms with Crippen molar-refractivity contribution in [2.45, 2.75) is 12.7 Å². The monoisotopic (exact) mass is 345 g/mol. The third kappa shape index (κ3) is 3.80. The number of hydrogen-bond acceptors (Lipinski definition) is 3. The van der Waals surface area contributed by atoms with Gasteiger partial charge in [0.25, 0.3) is 0 Å². The van der Waals surface area contributed by atoms with Crippen LogP contribution in [0.4, 0.5) is 0 Å². The molecular formula is C13H13BrClNOS. The second kappa shape index (κ2) is 6.68. The quantitative estimate of drug-likeness (QED) is 0.872. The number of thiophene rings is 1. The zero-order chi connectivity index (χ0) is 13.0. The van der Waals surface area contributed by atoms with E-state index in [0.29, 0.717) is 13.2 Å². The molecule has 1 unspecified atom stereocenters. The molecule has 2 nitrogen and oxygen atoms in total. The number of halogens is 2. The van der Waals surface area contributed by atoms with Crippen molar-refractivity contribution in [2.24, 2.45) is 5.73 Å². The average Bonchev–Trinajstić information content (AvgIpc) is 2.77. The Bertz CT molecular complexity index is 517. The number of rotatable bonds is 5. The molecule has 5 heteroatoms. The van der Waals surface area contributed by atoms with Crippen molar-refractivity contribution in [1.29, 1.82) is 0 Å². The molecule has 0 aliphatic carbocycles. The molecule has 0 radical (unpaired) electrons. The van der Waals surface area contributed by atoms with Gasteiger partial charge in [0.1, 0.15) is 6.10 Å². The van der Waals surface area contributed by atoms with E-state index in [1.165, 1.54) is 11.3 Å². The molecule has 2 aromatic rings. The number of benzene rings is 1. The van der Waals surface area contributed by atoms with Gasteiger partial charge >= 0.3 is 0 Å². The summed E-state index contributed by atoms with van der Waals surface area (Å²) in [6.07, 6.45) is -0.0959. The van der Waals surface area contributed by atoms with Gasteiger partial charge in [-0.15, -0.1) is 11.3 Å². The van der Waals surface area contributed by atoms with Crippen LogP contribution in [-0.2, 0) is 11.3 Å². The Balaban J connectivity index is 1.99. The maximum Gasteiger partial charge on any atom is 0.104 e. The van der Waals surface area contributed by atoms with E-state index in [2.05, 4.69) is 15.9 Å². The van der Waals surface area contributed by atoms with E-state index in [1.54, 1.807) is 0 Å². The van der Waals surface area contributed by atoms with Gasteiger partial charge in [-0.2, -0.15) is 0 Å². The molecule has 2 rings (SSSR count). The topological polar surface area (TPSA) is 35.2 Å². The summed E-state index contributed by atoms with van der Waals surface area (Å²) in [5, 5.41) is 0. The van der Waals surface area contributed by atoms with Crippen molar-refractivity contribution in [3.05, 3.63) is 55.6 Å². The van der Waals surface area contributed by atoms with Crippen LogP contribution < -0.4 is 5.73 Å². The van der Waals surface area contributed by atoms with E-state index in [0.717, 1.165) is 19.2 Å². The van der Waals surface area contributed by atoms with Crippen LogP contribution in [-0.4, -0.2) is 6.54 Å². The van der Waals surface area contributed by atoms with E-state index < -0.39 is 0 Å². The second-order valence-corrected chi connectivity index (χ2v) is 6.47. The summed E-state index contributed by atoms with van der Waals surface area (Å²) in [6, 6.07) is 11.9. The first-order valence-electron chi connectivity index (χ1n) is 5.50. The third-order valence-electron chi connectivity index (χ3n) is 2.47. The van der Waals surface area contributed by atoms with Crippen molar-refractivity contribution < 1.29 is 4.74 Å². The highest BCUT2D eigenvalue weighted by Crippen LogP contribution is 2.29. The minimum Gasteiger partial charge on any atom is -0.367 e. The molecular weight excluding hydrogens is 334 g/mol. The number of hydrogen-bond donors (Lipinski definition) is 1. The Kier molecular flexibility index (Phi) is 5.21. The van der Waals surface area contributed by atoms with Crippen molar-refractivity contribution in [3.8, 4) is 0 Å². The molecule has 96 valence electrons. The summed E-state index contributed by atoms with van der Waals surface area (Å²) in [6.45, 7) is 0.988. The minimum atomic E-state index is -0.0959. The number of nitrogens with two attached hydrogens (primary N) is 1. The van der Waals surface area contributed by atoms with Crippen LogP contribution in [0.1, 0.15) is 16.5 Å². The lowest BCUT2D eigenvalue weighted by Crippen LogP contribution is -2.14. The Morgan fingerprint density at radius 3 is 2.78 bits per heavy atom. The Morgan fingerprint density at radius 1 is 1.33 bits per heavy atom. The number of ether oxygens (including phenoxy) is 1. The van der Waals surface area contributed by atoms with Crippen LogP contribution in [0.15, 0.2) is 40.9 Å². The van der Waals surface area contributed by atoms with Crippen LogP contribution in [0.2, 0.25) is 4.34 Å². The Hall–Kier alpha value is -0.390. The molecule has 0 bridgehead atoms. The smallest absolute Gasteiger partial charge is 0.104 e. The fraction of sp³-hybridized carbons (Fsp3) is 0.231. The van der Waals surface area contributed by atoms with E-state index in [9.17, 15) is 0 Å². The molecule has 0 amide bonds. The first-order chi connectivity index (χ1) is 8.69. The van der Waals surface area contributed by atoms with E-state index in [1.807, 2.05) is 36.4 Å². The van der Waals surface area contributed by atoms with E-state index in [-0.39, 0.29) is 6.10 Å². The van der Waals surface area contributed by atoms with Gasteiger partial charge in [-0.1, -0.05) is 39.7 Å². The lowest BCUT2D eigenvalue weighted by atomic mass is 10.2. The molecule has 0 fully saturated rings. The van der Waals surface area contributed by atoms with Gasteiger partial charge in [0.2, 0.25) is 0 Å². The normalized spacial score (nSPS) is 12.6. The Morgan fingerprint density at radius 2 is 2.17 bits per heavy atom. The van der Waals surface area contributed by atoms with Crippen LogP contribution in [0.5, 0.6) is 0 Å². The summed E-state index contributed by atoms with van der Waals surface area (Å²) in [5.74, 6) is 0. The summed E-state index contributed by atoms with van der Waals surface area (Å²) >= 11 is 10.9. The van der Waals surface area contributed by atoms with Crippen LogP contribution in [0.3, 0.4) is 0 Å². The molecule has 18 heavy (non-hydrogen) atoms. The lowest BCUT2D eigenvalue weighted by molar-refractivity contribution is 0.0480. The fourth-order valence-electron chi connectivity index (χ4n) is 1.59. The van der Waals surface area contributed by atoms with Crippen LogP contribution in [0, 0.1) is 0 Å². The second-order valence-electron chi connectivity index (χ2n) is 3.81. The van der Waals surface area contributed by atoms with Crippen molar-refractivity contribution in [1.82, 2.24) is 0 Å². The predicted octanol–water partition coefficient (Wildman–Crippen LogP) is 4.38. The first kappa shape index (κ1) is 14.0. The van der Waals surface area contributed by atoms with Gasteiger partial charge in [0, 0.05) is 15.9 Å². The first-order valence-corrected chi connectivity index (χ1v) is 7.49. The van der Waals surface area contributed by atoms with E-state index >= 15 is 0 Å². The predicted molar refractivity (Wildman–Crippen MR) is 80.1 cm³/mol. The molecule has 1 aromatic heterocycles. The summed E-state index contributed by atoms with van der Waals surface area (Å²) in [5.41, 5.74) is 6.85. The maximum atomic E-state index is 5.92. The SMILES string of the molecule is NCC(OCc1cccc(Br)c1)c1ccc(Cl)s1. The summed E-state index contributed by atoms with van der Waals surface area (Å²) in [4.78, 5) is 1.07. The van der Waals surface area contributed by atoms with Gasteiger partial charge in [-0.25, -0.2) is 0 Å². The summed E-state index contributed by atoms with van der Waals surface area (Å²) < 4.78 is 7.64. The molecule has 0 aliphatic heterocycles. The molecule has 0 aliphatic rings. The molecule has 0 saturated carbocycles. The van der Waals surface area contributed by atoms with Gasteiger partial charge < -0.3 is 10.5 Å². The molecule has 1 atom stereocenters. The van der Waals surface area contributed by atoms with Crippen molar-refractivity contribution in [2.75, 3.05) is 6.54 Å². The molecule has 1 aromatic carbocycles. The van der Waals surface area contributed by atoms with Gasteiger partial charge in [-0.3, -0.25) is 0 Å².